The summed E-state index contributed by atoms with van der Waals surface area (Å²) in [7, 11) is 0. The molecule has 1 aromatic rings. The second kappa shape index (κ2) is 5.48. The van der Waals surface area contributed by atoms with Crippen LogP contribution in [0, 0.1) is 0 Å². The summed E-state index contributed by atoms with van der Waals surface area (Å²) in [6.07, 6.45) is 5.91. The molecule has 0 aromatic carbocycles. The van der Waals surface area contributed by atoms with Crippen LogP contribution >= 0.6 is 27.3 Å². The Morgan fingerprint density at radius 3 is 2.55 bits per heavy atom. The van der Waals surface area contributed by atoms with E-state index in [0.717, 1.165) is 47.9 Å². The third-order valence-corrected chi connectivity index (χ3v) is 6.24. The van der Waals surface area contributed by atoms with Gasteiger partial charge in [0.25, 0.3) is 5.91 Å². The van der Waals surface area contributed by atoms with E-state index in [-0.39, 0.29) is 11.9 Å². The summed E-state index contributed by atoms with van der Waals surface area (Å²) >= 11 is 5.12. The van der Waals surface area contributed by atoms with Crippen LogP contribution < -0.4 is 5.32 Å². The molecule has 6 heteroatoms. The maximum absolute atomic E-state index is 12.4. The van der Waals surface area contributed by atoms with E-state index in [0.29, 0.717) is 6.54 Å². The topological polar surface area (TPSA) is 49.4 Å². The molecular formula is C14H17BrN2O2S. The Bertz CT molecular complexity index is 535. The van der Waals surface area contributed by atoms with Crippen molar-refractivity contribution >= 4 is 39.2 Å². The zero-order chi connectivity index (χ0) is 14.2. The van der Waals surface area contributed by atoms with Crippen molar-refractivity contribution in [1.82, 2.24) is 10.2 Å². The van der Waals surface area contributed by atoms with Crippen LogP contribution in [0.3, 0.4) is 0 Å². The lowest BCUT2D eigenvalue weighted by Gasteiger charge is -2.34. The smallest absolute Gasteiger partial charge is 0.305 e. The predicted molar refractivity (Wildman–Crippen MR) is 81.5 cm³/mol. The van der Waals surface area contributed by atoms with E-state index in [4.69, 9.17) is 0 Å². The van der Waals surface area contributed by atoms with E-state index >= 15 is 0 Å². The molecule has 0 bridgehead atoms. The molecule has 0 atom stereocenters. The van der Waals surface area contributed by atoms with Crippen molar-refractivity contribution in [1.29, 1.82) is 0 Å². The van der Waals surface area contributed by atoms with Crippen molar-refractivity contribution in [3.8, 4) is 0 Å². The van der Waals surface area contributed by atoms with Gasteiger partial charge >= 0.3 is 6.03 Å². The van der Waals surface area contributed by atoms with Crippen LogP contribution in [0.25, 0.3) is 0 Å². The first-order valence-corrected chi connectivity index (χ1v) is 8.66. The van der Waals surface area contributed by atoms with Crippen molar-refractivity contribution in [3.63, 3.8) is 0 Å². The minimum absolute atomic E-state index is 0.0999. The molecule has 1 saturated heterocycles. The molecule has 2 aliphatic rings. The molecule has 1 saturated carbocycles. The molecule has 1 spiro atoms. The largest absolute Gasteiger partial charge is 0.325 e. The summed E-state index contributed by atoms with van der Waals surface area (Å²) in [6.45, 7) is 0.510. The Kier molecular flexibility index (Phi) is 3.86. The van der Waals surface area contributed by atoms with E-state index < -0.39 is 5.54 Å². The molecular weight excluding hydrogens is 340 g/mol. The van der Waals surface area contributed by atoms with Gasteiger partial charge in [-0.05, 0) is 40.2 Å². The molecule has 108 valence electrons. The van der Waals surface area contributed by atoms with Gasteiger partial charge in [0.15, 0.2) is 0 Å². The van der Waals surface area contributed by atoms with Crippen LogP contribution in [0.4, 0.5) is 4.79 Å². The summed E-state index contributed by atoms with van der Waals surface area (Å²) in [6, 6.07) is 1.74. The molecule has 1 aliphatic heterocycles. The maximum Gasteiger partial charge on any atom is 0.325 e. The number of rotatable bonds is 2. The Morgan fingerprint density at radius 2 is 1.95 bits per heavy atom. The molecule has 2 heterocycles. The highest BCUT2D eigenvalue weighted by Gasteiger charge is 2.52. The van der Waals surface area contributed by atoms with Gasteiger partial charge in [-0.3, -0.25) is 10.1 Å². The van der Waals surface area contributed by atoms with Crippen LogP contribution in [0.5, 0.6) is 0 Å². The number of hydrogen-bond acceptors (Lipinski definition) is 3. The second-order valence-corrected chi connectivity index (χ2v) is 7.34. The van der Waals surface area contributed by atoms with Gasteiger partial charge in [0.05, 0.1) is 6.54 Å². The fourth-order valence-electron chi connectivity index (χ4n) is 3.21. The molecule has 1 aromatic heterocycles. The lowest BCUT2D eigenvalue weighted by Crippen LogP contribution is -2.48. The van der Waals surface area contributed by atoms with E-state index in [1.165, 1.54) is 0 Å². The SMILES string of the molecule is O=C1NC(=O)C2(CCCCCC2)N1Cc1sccc1Br. The molecule has 1 N–H and O–H groups in total. The van der Waals surface area contributed by atoms with Crippen molar-refractivity contribution in [2.45, 2.75) is 50.6 Å². The first-order chi connectivity index (χ1) is 9.63. The molecule has 1 aliphatic carbocycles. The van der Waals surface area contributed by atoms with Crippen molar-refractivity contribution in [2.75, 3.05) is 0 Å². The number of halogens is 1. The number of carbonyl (C=O) groups excluding carboxylic acids is 2. The van der Waals surface area contributed by atoms with Crippen LogP contribution in [0.1, 0.15) is 43.4 Å². The van der Waals surface area contributed by atoms with Gasteiger partial charge in [0.2, 0.25) is 0 Å². The number of carbonyl (C=O) groups is 2. The third kappa shape index (κ3) is 2.29. The van der Waals surface area contributed by atoms with Crippen LogP contribution in [-0.4, -0.2) is 22.4 Å². The summed E-state index contributed by atoms with van der Waals surface area (Å²) in [5.74, 6) is -0.0999. The van der Waals surface area contributed by atoms with E-state index in [1.54, 1.807) is 16.2 Å². The average Bonchev–Trinajstić information content (AvgIpc) is 2.80. The standard InChI is InChI=1S/C14H17BrN2O2S/c15-10-5-8-20-11(10)9-17-13(19)16-12(18)14(17)6-3-1-2-4-7-14/h5,8H,1-4,6-7,9H2,(H,16,18,19). The first-order valence-electron chi connectivity index (χ1n) is 6.98. The molecule has 20 heavy (non-hydrogen) atoms. The lowest BCUT2D eigenvalue weighted by atomic mass is 9.88. The number of imide groups is 1. The molecule has 4 nitrogen and oxygen atoms in total. The first kappa shape index (κ1) is 14.1. The number of nitrogens with zero attached hydrogens (tertiary/aromatic N) is 1. The predicted octanol–water partition coefficient (Wildman–Crippen LogP) is 3.66. The summed E-state index contributed by atoms with van der Waals surface area (Å²) in [5.41, 5.74) is -0.614. The number of nitrogens with one attached hydrogen (secondary N) is 1. The van der Waals surface area contributed by atoms with Gasteiger partial charge in [-0.25, -0.2) is 4.79 Å². The fraction of sp³-hybridized carbons (Fsp3) is 0.571. The average molecular weight is 357 g/mol. The minimum atomic E-state index is -0.614. The second-order valence-electron chi connectivity index (χ2n) is 5.48. The highest BCUT2D eigenvalue weighted by Crippen LogP contribution is 2.38. The monoisotopic (exact) mass is 356 g/mol. The van der Waals surface area contributed by atoms with Crippen molar-refractivity contribution < 1.29 is 9.59 Å². The van der Waals surface area contributed by atoms with Gasteiger partial charge in [-0.1, -0.05) is 25.7 Å². The normalized spacial score (nSPS) is 22.1. The quantitative estimate of drug-likeness (QED) is 0.822. The molecule has 3 rings (SSSR count). The van der Waals surface area contributed by atoms with Gasteiger partial charge in [0.1, 0.15) is 5.54 Å². The van der Waals surface area contributed by atoms with E-state index in [2.05, 4.69) is 21.2 Å². The van der Waals surface area contributed by atoms with Crippen molar-refractivity contribution in [2.24, 2.45) is 0 Å². The Balaban J connectivity index is 1.91. The molecule has 2 fully saturated rings. The van der Waals surface area contributed by atoms with E-state index in [1.807, 2.05) is 11.4 Å². The lowest BCUT2D eigenvalue weighted by molar-refractivity contribution is -0.127. The number of urea groups is 1. The van der Waals surface area contributed by atoms with E-state index in [9.17, 15) is 9.59 Å². The highest BCUT2D eigenvalue weighted by molar-refractivity contribution is 9.10. The number of thiophene rings is 1. The van der Waals surface area contributed by atoms with Crippen LogP contribution in [-0.2, 0) is 11.3 Å². The Morgan fingerprint density at radius 1 is 1.25 bits per heavy atom. The van der Waals surface area contributed by atoms with Gasteiger partial charge in [-0.2, -0.15) is 0 Å². The minimum Gasteiger partial charge on any atom is -0.305 e. The van der Waals surface area contributed by atoms with Crippen molar-refractivity contribution in [3.05, 3.63) is 20.8 Å². The zero-order valence-electron chi connectivity index (χ0n) is 11.2. The Labute approximate surface area is 130 Å². The fourth-order valence-corrected chi connectivity index (χ4v) is 4.68. The zero-order valence-corrected chi connectivity index (χ0v) is 13.6. The van der Waals surface area contributed by atoms with Gasteiger partial charge in [-0.15, -0.1) is 11.3 Å². The van der Waals surface area contributed by atoms with Crippen LogP contribution in [0.15, 0.2) is 15.9 Å². The maximum atomic E-state index is 12.4. The Hall–Kier alpha value is -0.880. The van der Waals surface area contributed by atoms with Crippen LogP contribution in [0.2, 0.25) is 0 Å². The van der Waals surface area contributed by atoms with Gasteiger partial charge < -0.3 is 4.90 Å². The highest BCUT2D eigenvalue weighted by atomic mass is 79.9. The number of amides is 3. The summed E-state index contributed by atoms with van der Waals surface area (Å²) in [5, 5.41) is 4.52. The number of hydrogen-bond donors (Lipinski definition) is 1. The molecule has 3 amide bonds. The molecule has 0 radical (unpaired) electrons. The summed E-state index contributed by atoms with van der Waals surface area (Å²) in [4.78, 5) is 27.4. The summed E-state index contributed by atoms with van der Waals surface area (Å²) < 4.78 is 1.01. The third-order valence-electron chi connectivity index (χ3n) is 4.33. The van der Waals surface area contributed by atoms with Gasteiger partial charge in [0, 0.05) is 9.35 Å². The molecule has 0 unspecified atom stereocenters.